The first-order chi connectivity index (χ1) is 27.3. The zero-order valence-corrected chi connectivity index (χ0v) is 29.7. The molecule has 0 unspecified atom stereocenters. The topological polar surface area (TPSA) is 57.0 Å². The number of hydrogen-bond acceptors (Lipinski definition) is 4. The molecule has 1 aliphatic carbocycles. The van der Waals surface area contributed by atoms with Gasteiger partial charge in [-0.1, -0.05) is 97.1 Å². The molecular formula is C50H31N3O2. The third-order valence-electron chi connectivity index (χ3n) is 11.3. The maximum atomic E-state index is 6.18. The summed E-state index contributed by atoms with van der Waals surface area (Å²) in [6.07, 6.45) is 6.11. The number of aryl methyl sites for hydroxylation is 1. The average molecular weight is 706 g/mol. The molecule has 0 atom stereocenters. The number of aromatic nitrogens is 3. The molecule has 258 valence electrons. The van der Waals surface area contributed by atoms with Crippen LogP contribution in [0.15, 0.2) is 167 Å². The minimum absolute atomic E-state index is 0.629. The summed E-state index contributed by atoms with van der Waals surface area (Å²) in [6.45, 7) is 0. The van der Waals surface area contributed by atoms with Crippen LogP contribution in [0, 0.1) is 0 Å². The van der Waals surface area contributed by atoms with Gasteiger partial charge in [0.25, 0.3) is 0 Å². The lowest BCUT2D eigenvalue weighted by molar-refractivity contribution is 0.560. The van der Waals surface area contributed by atoms with Gasteiger partial charge in [0.1, 0.15) is 5.52 Å². The lowest BCUT2D eigenvalue weighted by atomic mass is 9.88. The maximum absolute atomic E-state index is 6.18. The van der Waals surface area contributed by atoms with E-state index in [0.717, 1.165) is 57.8 Å². The van der Waals surface area contributed by atoms with E-state index in [4.69, 9.17) is 18.8 Å². The van der Waals surface area contributed by atoms with E-state index in [-0.39, 0.29) is 0 Å². The number of oxazole rings is 2. The van der Waals surface area contributed by atoms with Crippen LogP contribution in [0.25, 0.3) is 111 Å². The molecule has 0 bridgehead atoms. The largest absolute Gasteiger partial charge is 0.436 e. The molecule has 0 fully saturated rings. The Morgan fingerprint density at radius 1 is 0.509 bits per heavy atom. The summed E-state index contributed by atoms with van der Waals surface area (Å²) in [5.41, 5.74) is 10.4. The average Bonchev–Trinajstić information content (AvgIpc) is 3.98. The predicted molar refractivity (Wildman–Crippen MR) is 225 cm³/mol. The van der Waals surface area contributed by atoms with Gasteiger partial charge < -0.3 is 13.4 Å². The van der Waals surface area contributed by atoms with E-state index >= 15 is 0 Å². The first-order valence-corrected chi connectivity index (χ1v) is 18.8. The molecule has 0 spiro atoms. The third-order valence-corrected chi connectivity index (χ3v) is 11.3. The molecule has 0 aliphatic heterocycles. The highest BCUT2D eigenvalue weighted by molar-refractivity contribution is 6.38. The molecular weight excluding hydrogens is 675 g/mol. The summed E-state index contributed by atoms with van der Waals surface area (Å²) in [4.78, 5) is 9.58. The van der Waals surface area contributed by atoms with Gasteiger partial charge in [-0.25, -0.2) is 9.97 Å². The van der Waals surface area contributed by atoms with Crippen molar-refractivity contribution in [1.82, 2.24) is 14.5 Å². The molecule has 8 aromatic carbocycles. The van der Waals surface area contributed by atoms with Crippen LogP contribution < -0.4 is 0 Å². The molecule has 5 heteroatoms. The van der Waals surface area contributed by atoms with Crippen LogP contribution in [0.3, 0.4) is 0 Å². The van der Waals surface area contributed by atoms with Gasteiger partial charge in [0.15, 0.2) is 11.3 Å². The summed E-state index contributed by atoms with van der Waals surface area (Å²) in [6, 6.07) is 54.1. The van der Waals surface area contributed by atoms with Crippen molar-refractivity contribution in [1.29, 1.82) is 0 Å². The van der Waals surface area contributed by atoms with Crippen molar-refractivity contribution in [2.75, 3.05) is 0 Å². The Bertz CT molecular complexity index is 3330. The number of benzene rings is 8. The lowest BCUT2D eigenvalue weighted by Gasteiger charge is -2.16. The van der Waals surface area contributed by atoms with Crippen LogP contribution in [0.5, 0.6) is 0 Å². The number of rotatable bonds is 4. The zero-order valence-electron chi connectivity index (χ0n) is 29.7. The summed E-state index contributed by atoms with van der Waals surface area (Å²) < 4.78 is 14.7. The predicted octanol–water partition coefficient (Wildman–Crippen LogP) is 13.3. The second-order valence-corrected chi connectivity index (χ2v) is 14.4. The Morgan fingerprint density at radius 3 is 1.96 bits per heavy atom. The Balaban J connectivity index is 1.09. The molecule has 0 radical (unpaired) electrons. The quantitative estimate of drug-likeness (QED) is 0.171. The summed E-state index contributed by atoms with van der Waals surface area (Å²) in [5.74, 6) is 2.17. The van der Waals surface area contributed by atoms with Crippen molar-refractivity contribution in [3.8, 4) is 39.7 Å². The molecule has 0 saturated heterocycles. The van der Waals surface area contributed by atoms with Crippen LogP contribution in [0.2, 0.25) is 0 Å². The standard InChI is InChI=1S/C50H31N3O2/c1-3-13-36-34(11-1)39(30-21-23-31(24-22-30)49-51-41-16-6-9-19-44(41)54-49)29-40-35-12-2-4-14-37(35)48-47(46(36)40)38-15-5-8-18-43(38)53(48)33-27-25-32(26-28-33)50-52-42-17-7-10-20-45(42)55-50/h1-6,8-16,18-29H,7,17H2. The van der Waals surface area contributed by atoms with Crippen LogP contribution in [0.4, 0.5) is 0 Å². The molecule has 11 aromatic rings. The van der Waals surface area contributed by atoms with Crippen LogP contribution in [-0.2, 0) is 6.42 Å². The highest BCUT2D eigenvalue weighted by Crippen LogP contribution is 2.47. The minimum atomic E-state index is 0.629. The van der Waals surface area contributed by atoms with Gasteiger partial charge in [-0.15, -0.1) is 0 Å². The summed E-state index contributed by atoms with van der Waals surface area (Å²) in [7, 11) is 0. The van der Waals surface area contributed by atoms with E-state index in [2.05, 4.69) is 138 Å². The number of hydrogen-bond donors (Lipinski definition) is 0. The fraction of sp³-hybridized carbons (Fsp3) is 0.0400. The van der Waals surface area contributed by atoms with Gasteiger partial charge in [0.05, 0.1) is 16.7 Å². The van der Waals surface area contributed by atoms with Crippen LogP contribution in [-0.4, -0.2) is 14.5 Å². The second-order valence-electron chi connectivity index (χ2n) is 14.4. The normalized spacial score (nSPS) is 12.9. The Kier molecular flexibility index (Phi) is 6.39. The molecule has 3 heterocycles. The Labute approximate surface area is 315 Å². The molecule has 3 aromatic heterocycles. The van der Waals surface area contributed by atoms with Crippen LogP contribution >= 0.6 is 0 Å². The van der Waals surface area contributed by atoms with Gasteiger partial charge in [-0.2, -0.15) is 0 Å². The van der Waals surface area contributed by atoms with Crippen molar-refractivity contribution < 1.29 is 8.83 Å². The van der Waals surface area contributed by atoms with E-state index in [9.17, 15) is 0 Å². The summed E-state index contributed by atoms with van der Waals surface area (Å²) in [5, 5.41) is 9.87. The maximum Gasteiger partial charge on any atom is 0.227 e. The smallest absolute Gasteiger partial charge is 0.227 e. The van der Waals surface area contributed by atoms with Crippen molar-refractivity contribution >= 4 is 71.3 Å². The van der Waals surface area contributed by atoms with Gasteiger partial charge in [-0.3, -0.25) is 0 Å². The zero-order chi connectivity index (χ0) is 36.0. The lowest BCUT2D eigenvalue weighted by Crippen LogP contribution is -1.95. The van der Waals surface area contributed by atoms with Gasteiger partial charge in [-0.05, 0) is 112 Å². The van der Waals surface area contributed by atoms with Crippen LogP contribution in [0.1, 0.15) is 17.9 Å². The molecule has 1 aliphatic rings. The number of para-hydroxylation sites is 3. The molecule has 5 nitrogen and oxygen atoms in total. The van der Waals surface area contributed by atoms with E-state index in [0.29, 0.717) is 11.8 Å². The van der Waals surface area contributed by atoms with Gasteiger partial charge in [0.2, 0.25) is 11.8 Å². The highest BCUT2D eigenvalue weighted by Gasteiger charge is 2.22. The fourth-order valence-electron chi connectivity index (χ4n) is 8.78. The molecule has 12 rings (SSSR count). The summed E-state index contributed by atoms with van der Waals surface area (Å²) >= 11 is 0. The van der Waals surface area contributed by atoms with Gasteiger partial charge >= 0.3 is 0 Å². The monoisotopic (exact) mass is 705 g/mol. The first kappa shape index (κ1) is 30.2. The number of fused-ring (bicyclic) bond motifs is 12. The van der Waals surface area contributed by atoms with E-state index < -0.39 is 0 Å². The fourth-order valence-corrected chi connectivity index (χ4v) is 8.78. The van der Waals surface area contributed by atoms with E-state index in [1.807, 2.05) is 30.3 Å². The van der Waals surface area contributed by atoms with E-state index in [1.165, 1.54) is 59.7 Å². The second kappa shape index (κ2) is 11.6. The van der Waals surface area contributed by atoms with E-state index in [1.54, 1.807) is 0 Å². The number of allylic oxidation sites excluding steroid dienone is 1. The Hall–Kier alpha value is -7.24. The molecule has 0 N–H and O–H groups in total. The van der Waals surface area contributed by atoms with Crippen molar-refractivity contribution in [3.05, 3.63) is 169 Å². The van der Waals surface area contributed by atoms with Gasteiger partial charge in [0, 0.05) is 38.4 Å². The minimum Gasteiger partial charge on any atom is -0.436 e. The Morgan fingerprint density at radius 2 is 1.16 bits per heavy atom. The molecule has 0 saturated carbocycles. The number of nitrogens with zero attached hydrogens (tertiary/aromatic N) is 3. The third kappa shape index (κ3) is 4.53. The first-order valence-electron chi connectivity index (χ1n) is 18.8. The van der Waals surface area contributed by atoms with Crippen molar-refractivity contribution in [2.45, 2.75) is 12.8 Å². The highest BCUT2D eigenvalue weighted by atomic mass is 16.4. The van der Waals surface area contributed by atoms with Crippen molar-refractivity contribution in [3.63, 3.8) is 0 Å². The van der Waals surface area contributed by atoms with Crippen molar-refractivity contribution in [2.24, 2.45) is 0 Å². The molecule has 55 heavy (non-hydrogen) atoms. The molecule has 0 amide bonds. The SMILES string of the molecule is C1=Cc2oc(-c3ccc(-n4c5ccccc5c5c6c7ccccc7c(-c7ccc(-c8nc9ccccc9o8)cc7)cc6c6ccccc6c54)cc3)nc2CC1.